The molecule has 2 amide bonds. The standard InChI is InChI=1S/C21H25ClN2O4/c1-4-14(2)17-7-5-6-8-19(17)28-13-21(26)24-23-20(25)12-27-16-9-10-18(22)15(3)11-16/h5-11,14H,4,12-13H2,1-3H3,(H,23,25)(H,24,26). The molecule has 0 heterocycles. The molecule has 1 atom stereocenters. The highest BCUT2D eigenvalue weighted by Crippen LogP contribution is 2.28. The van der Waals surface area contributed by atoms with E-state index in [1.165, 1.54) is 0 Å². The lowest BCUT2D eigenvalue weighted by atomic mass is 9.98. The highest BCUT2D eigenvalue weighted by atomic mass is 35.5. The third-order valence-corrected chi connectivity index (χ3v) is 4.69. The monoisotopic (exact) mass is 404 g/mol. The van der Waals surface area contributed by atoms with Crippen LogP contribution in [0, 0.1) is 6.92 Å². The highest BCUT2D eigenvalue weighted by Gasteiger charge is 2.12. The van der Waals surface area contributed by atoms with Crippen LogP contribution in [-0.2, 0) is 9.59 Å². The summed E-state index contributed by atoms with van der Waals surface area (Å²) in [5.74, 6) is 0.566. The second kappa shape index (κ2) is 10.6. The van der Waals surface area contributed by atoms with Crippen LogP contribution >= 0.6 is 11.6 Å². The van der Waals surface area contributed by atoms with Crippen LogP contribution in [0.2, 0.25) is 5.02 Å². The Hall–Kier alpha value is -2.73. The van der Waals surface area contributed by atoms with E-state index < -0.39 is 11.8 Å². The summed E-state index contributed by atoms with van der Waals surface area (Å²) in [7, 11) is 0. The quantitative estimate of drug-likeness (QED) is 0.656. The molecule has 0 saturated carbocycles. The van der Waals surface area contributed by atoms with Crippen molar-refractivity contribution < 1.29 is 19.1 Å². The summed E-state index contributed by atoms with van der Waals surface area (Å²) in [5.41, 5.74) is 6.50. The first kappa shape index (κ1) is 21.6. The molecule has 0 radical (unpaired) electrons. The van der Waals surface area contributed by atoms with Crippen LogP contribution in [0.3, 0.4) is 0 Å². The first-order valence-corrected chi connectivity index (χ1v) is 9.46. The maximum atomic E-state index is 11.9. The summed E-state index contributed by atoms with van der Waals surface area (Å²) in [5, 5.41) is 0.624. The third kappa shape index (κ3) is 6.46. The van der Waals surface area contributed by atoms with Gasteiger partial charge in [-0.25, -0.2) is 0 Å². The molecule has 0 fully saturated rings. The van der Waals surface area contributed by atoms with Crippen molar-refractivity contribution in [3.8, 4) is 11.5 Å². The molecule has 2 rings (SSSR count). The maximum Gasteiger partial charge on any atom is 0.276 e. The predicted octanol–water partition coefficient (Wildman–Crippen LogP) is 3.77. The first-order chi connectivity index (χ1) is 13.4. The number of aryl methyl sites for hydroxylation is 1. The van der Waals surface area contributed by atoms with Crippen molar-refractivity contribution in [3.63, 3.8) is 0 Å². The first-order valence-electron chi connectivity index (χ1n) is 9.09. The molecule has 0 bridgehead atoms. The maximum absolute atomic E-state index is 11.9. The number of benzene rings is 2. The number of carbonyl (C=O) groups excluding carboxylic acids is 2. The van der Waals surface area contributed by atoms with Crippen LogP contribution in [0.15, 0.2) is 42.5 Å². The lowest BCUT2D eigenvalue weighted by molar-refractivity contribution is -0.131. The topological polar surface area (TPSA) is 76.7 Å². The Balaban J connectivity index is 1.75. The summed E-state index contributed by atoms with van der Waals surface area (Å²) in [6.07, 6.45) is 0.968. The number of nitrogens with one attached hydrogen (secondary N) is 2. The number of ether oxygens (including phenoxy) is 2. The molecule has 1 unspecified atom stereocenters. The van der Waals surface area contributed by atoms with Gasteiger partial charge in [0, 0.05) is 5.02 Å². The second-order valence-corrected chi connectivity index (χ2v) is 6.84. The Bertz CT molecular complexity index is 826. The van der Waals surface area contributed by atoms with Gasteiger partial charge in [0.05, 0.1) is 0 Å². The van der Waals surface area contributed by atoms with Gasteiger partial charge in [-0.2, -0.15) is 0 Å². The van der Waals surface area contributed by atoms with Crippen molar-refractivity contribution in [2.45, 2.75) is 33.1 Å². The van der Waals surface area contributed by atoms with Crippen LogP contribution < -0.4 is 20.3 Å². The van der Waals surface area contributed by atoms with Gasteiger partial charge in [0.15, 0.2) is 13.2 Å². The van der Waals surface area contributed by atoms with E-state index in [2.05, 4.69) is 24.7 Å². The summed E-state index contributed by atoms with van der Waals surface area (Å²) < 4.78 is 11.0. The Labute approximate surface area is 170 Å². The minimum atomic E-state index is -0.485. The molecule has 2 N–H and O–H groups in total. The molecule has 2 aromatic rings. The number of hydrogen-bond acceptors (Lipinski definition) is 4. The van der Waals surface area contributed by atoms with Crippen LogP contribution in [0.4, 0.5) is 0 Å². The third-order valence-electron chi connectivity index (χ3n) is 4.26. The zero-order chi connectivity index (χ0) is 20.5. The molecule has 150 valence electrons. The molecule has 2 aromatic carbocycles. The number of amides is 2. The Morgan fingerprint density at radius 2 is 1.68 bits per heavy atom. The molecular weight excluding hydrogens is 380 g/mol. The summed E-state index contributed by atoms with van der Waals surface area (Å²) in [6, 6.07) is 12.7. The van der Waals surface area contributed by atoms with Crippen LogP contribution in [-0.4, -0.2) is 25.0 Å². The minimum absolute atomic E-state index is 0.203. The van der Waals surface area contributed by atoms with Gasteiger partial charge in [0.25, 0.3) is 11.8 Å². The van der Waals surface area contributed by atoms with Gasteiger partial charge in [-0.1, -0.05) is 43.6 Å². The number of para-hydroxylation sites is 1. The molecule has 0 saturated heterocycles. The van der Waals surface area contributed by atoms with Gasteiger partial charge < -0.3 is 9.47 Å². The molecule has 0 spiro atoms. The summed E-state index contributed by atoms with van der Waals surface area (Å²) in [6.45, 7) is 5.60. The van der Waals surface area contributed by atoms with Gasteiger partial charge >= 0.3 is 0 Å². The fraction of sp³-hybridized carbons (Fsp3) is 0.333. The van der Waals surface area contributed by atoms with Gasteiger partial charge in [-0.3, -0.25) is 20.4 Å². The van der Waals surface area contributed by atoms with Crippen molar-refractivity contribution in [1.82, 2.24) is 10.9 Å². The fourth-order valence-electron chi connectivity index (χ4n) is 2.45. The average Bonchev–Trinajstić information content (AvgIpc) is 2.71. The van der Waals surface area contributed by atoms with E-state index in [4.69, 9.17) is 21.1 Å². The molecule has 0 aliphatic heterocycles. The highest BCUT2D eigenvalue weighted by molar-refractivity contribution is 6.31. The number of hydrazine groups is 1. The molecule has 6 nitrogen and oxygen atoms in total. The largest absolute Gasteiger partial charge is 0.484 e. The van der Waals surface area contributed by atoms with E-state index >= 15 is 0 Å². The van der Waals surface area contributed by atoms with Gasteiger partial charge in [-0.15, -0.1) is 0 Å². The smallest absolute Gasteiger partial charge is 0.276 e. The van der Waals surface area contributed by atoms with Crippen molar-refractivity contribution >= 4 is 23.4 Å². The van der Waals surface area contributed by atoms with E-state index in [9.17, 15) is 9.59 Å². The number of carbonyl (C=O) groups is 2. The molecule has 7 heteroatoms. The number of halogens is 1. The number of hydrogen-bond donors (Lipinski definition) is 2. The van der Waals surface area contributed by atoms with Crippen molar-refractivity contribution in [2.75, 3.05) is 13.2 Å². The lowest BCUT2D eigenvalue weighted by Gasteiger charge is -2.15. The molecule has 0 aromatic heterocycles. The van der Waals surface area contributed by atoms with E-state index in [0.29, 0.717) is 22.4 Å². The number of rotatable bonds is 8. The van der Waals surface area contributed by atoms with E-state index in [0.717, 1.165) is 17.5 Å². The minimum Gasteiger partial charge on any atom is -0.484 e. The summed E-state index contributed by atoms with van der Waals surface area (Å²) >= 11 is 5.94. The Kier molecular flexibility index (Phi) is 8.14. The molecule has 0 aliphatic carbocycles. The SMILES string of the molecule is CCC(C)c1ccccc1OCC(=O)NNC(=O)COc1ccc(Cl)c(C)c1. The lowest BCUT2D eigenvalue weighted by Crippen LogP contribution is -2.45. The normalized spacial score (nSPS) is 11.4. The molecule has 0 aliphatic rings. The van der Waals surface area contributed by atoms with E-state index in [-0.39, 0.29) is 13.2 Å². The van der Waals surface area contributed by atoms with Crippen LogP contribution in [0.25, 0.3) is 0 Å². The Morgan fingerprint density at radius 3 is 2.32 bits per heavy atom. The van der Waals surface area contributed by atoms with Crippen molar-refractivity contribution in [3.05, 3.63) is 58.6 Å². The second-order valence-electron chi connectivity index (χ2n) is 6.43. The summed E-state index contributed by atoms with van der Waals surface area (Å²) in [4.78, 5) is 23.7. The van der Waals surface area contributed by atoms with Gasteiger partial charge in [0.1, 0.15) is 11.5 Å². The van der Waals surface area contributed by atoms with Gasteiger partial charge in [0.2, 0.25) is 0 Å². The van der Waals surface area contributed by atoms with E-state index in [1.54, 1.807) is 18.2 Å². The molecular formula is C21H25ClN2O4. The fourth-order valence-corrected chi connectivity index (χ4v) is 2.57. The zero-order valence-corrected chi connectivity index (χ0v) is 17.0. The van der Waals surface area contributed by atoms with E-state index in [1.807, 2.05) is 31.2 Å². The Morgan fingerprint density at radius 1 is 1.04 bits per heavy atom. The predicted molar refractivity (Wildman–Crippen MR) is 109 cm³/mol. The average molecular weight is 405 g/mol. The van der Waals surface area contributed by atoms with Crippen LogP contribution in [0.5, 0.6) is 11.5 Å². The van der Waals surface area contributed by atoms with Gasteiger partial charge in [-0.05, 0) is 54.7 Å². The van der Waals surface area contributed by atoms with Crippen LogP contribution in [0.1, 0.15) is 37.3 Å². The molecule has 28 heavy (non-hydrogen) atoms. The van der Waals surface area contributed by atoms with Crippen molar-refractivity contribution in [1.29, 1.82) is 0 Å². The zero-order valence-electron chi connectivity index (χ0n) is 16.3. The van der Waals surface area contributed by atoms with Crippen molar-refractivity contribution in [2.24, 2.45) is 0 Å².